The molecule has 0 aliphatic heterocycles. The Morgan fingerprint density at radius 2 is 2.25 bits per heavy atom. The van der Waals surface area contributed by atoms with Gasteiger partial charge in [-0.25, -0.2) is 4.98 Å². The lowest BCUT2D eigenvalue weighted by Crippen LogP contribution is -2.28. The number of ether oxygens (including phenoxy) is 1. The Bertz CT molecular complexity index is 575. The van der Waals surface area contributed by atoms with Crippen molar-refractivity contribution in [1.29, 1.82) is 0 Å². The van der Waals surface area contributed by atoms with Crippen molar-refractivity contribution >= 4 is 10.9 Å². The summed E-state index contributed by atoms with van der Waals surface area (Å²) in [5.74, 6) is 0.633. The van der Waals surface area contributed by atoms with E-state index in [1.54, 1.807) is 32.2 Å². The van der Waals surface area contributed by atoms with Gasteiger partial charge in [0.15, 0.2) is 0 Å². The zero-order chi connectivity index (χ0) is 11.7. The second-order valence-electron chi connectivity index (χ2n) is 3.58. The highest BCUT2D eigenvalue weighted by molar-refractivity contribution is 5.78. The van der Waals surface area contributed by atoms with Gasteiger partial charge in [0, 0.05) is 0 Å². The molecule has 1 atom stereocenters. The van der Waals surface area contributed by atoms with Gasteiger partial charge in [-0.3, -0.25) is 9.36 Å². The summed E-state index contributed by atoms with van der Waals surface area (Å²) in [6.45, 7) is 1.73. The molecule has 0 radical (unpaired) electrons. The molecule has 0 saturated heterocycles. The first-order valence-corrected chi connectivity index (χ1v) is 4.94. The first kappa shape index (κ1) is 10.6. The summed E-state index contributed by atoms with van der Waals surface area (Å²) in [7, 11) is 1.56. The molecule has 1 unspecified atom stereocenters. The van der Waals surface area contributed by atoms with Crippen molar-refractivity contribution in [3.63, 3.8) is 0 Å². The molecule has 1 heterocycles. The van der Waals surface area contributed by atoms with Gasteiger partial charge in [-0.1, -0.05) is 0 Å². The van der Waals surface area contributed by atoms with Crippen molar-refractivity contribution in [2.24, 2.45) is 5.73 Å². The molecule has 2 N–H and O–H groups in total. The molecule has 0 aliphatic rings. The molecule has 5 heteroatoms. The van der Waals surface area contributed by atoms with Crippen LogP contribution in [0.1, 0.15) is 13.1 Å². The quantitative estimate of drug-likeness (QED) is 0.814. The first-order chi connectivity index (χ1) is 7.63. The van der Waals surface area contributed by atoms with E-state index >= 15 is 0 Å². The molecule has 0 bridgehead atoms. The molecule has 0 aliphatic carbocycles. The summed E-state index contributed by atoms with van der Waals surface area (Å²) in [6.07, 6.45) is 1.07. The smallest absolute Gasteiger partial charge is 0.262 e. The van der Waals surface area contributed by atoms with Crippen LogP contribution in [0.3, 0.4) is 0 Å². The normalized spacial score (nSPS) is 12.7. The summed E-state index contributed by atoms with van der Waals surface area (Å²) in [5.41, 5.74) is 6.16. The van der Waals surface area contributed by atoms with Crippen molar-refractivity contribution < 1.29 is 4.74 Å². The highest BCUT2D eigenvalue weighted by Gasteiger charge is 2.07. The molecule has 5 nitrogen and oxygen atoms in total. The topological polar surface area (TPSA) is 70.1 Å². The van der Waals surface area contributed by atoms with E-state index in [1.165, 1.54) is 10.9 Å². The molecule has 16 heavy (non-hydrogen) atoms. The van der Waals surface area contributed by atoms with E-state index in [-0.39, 0.29) is 5.56 Å². The third-order valence-electron chi connectivity index (χ3n) is 2.43. The van der Waals surface area contributed by atoms with Crippen LogP contribution in [0.15, 0.2) is 29.3 Å². The van der Waals surface area contributed by atoms with Gasteiger partial charge in [0.05, 0.1) is 30.5 Å². The molecule has 0 fully saturated rings. The monoisotopic (exact) mass is 219 g/mol. The van der Waals surface area contributed by atoms with E-state index < -0.39 is 6.17 Å². The minimum atomic E-state index is -0.393. The van der Waals surface area contributed by atoms with Gasteiger partial charge in [0.25, 0.3) is 5.56 Å². The van der Waals surface area contributed by atoms with Crippen LogP contribution in [-0.2, 0) is 0 Å². The number of fused-ring (bicyclic) bond motifs is 1. The van der Waals surface area contributed by atoms with Crippen LogP contribution in [0.2, 0.25) is 0 Å². The van der Waals surface area contributed by atoms with Crippen molar-refractivity contribution in [2.75, 3.05) is 7.11 Å². The van der Waals surface area contributed by atoms with Gasteiger partial charge in [-0.2, -0.15) is 0 Å². The first-order valence-electron chi connectivity index (χ1n) is 4.94. The summed E-state index contributed by atoms with van der Waals surface area (Å²) < 4.78 is 6.46. The Morgan fingerprint density at radius 3 is 2.88 bits per heavy atom. The van der Waals surface area contributed by atoms with Crippen LogP contribution in [0.4, 0.5) is 0 Å². The van der Waals surface area contributed by atoms with Gasteiger partial charge >= 0.3 is 0 Å². The Balaban J connectivity index is 2.76. The molecule has 1 aromatic heterocycles. The van der Waals surface area contributed by atoms with Gasteiger partial charge < -0.3 is 10.5 Å². The van der Waals surface area contributed by atoms with E-state index in [9.17, 15) is 4.79 Å². The Hall–Kier alpha value is -1.88. The standard InChI is InChI=1S/C11H13N3O2/c1-7(12)14-6-13-10-4-3-8(16-2)5-9(10)11(14)15/h3-7H,12H2,1-2H3. The molecular formula is C11H13N3O2. The molecule has 0 spiro atoms. The second-order valence-corrected chi connectivity index (χ2v) is 3.58. The maximum atomic E-state index is 12.0. The number of aromatic nitrogens is 2. The SMILES string of the molecule is COc1ccc2ncn(C(C)N)c(=O)c2c1. The van der Waals surface area contributed by atoms with Crippen LogP contribution >= 0.6 is 0 Å². The number of hydrogen-bond acceptors (Lipinski definition) is 4. The largest absolute Gasteiger partial charge is 0.497 e. The predicted molar refractivity (Wildman–Crippen MR) is 61.5 cm³/mol. The fraction of sp³-hybridized carbons (Fsp3) is 0.273. The molecular weight excluding hydrogens is 206 g/mol. The highest BCUT2D eigenvalue weighted by Crippen LogP contribution is 2.15. The lowest BCUT2D eigenvalue weighted by atomic mass is 10.2. The minimum Gasteiger partial charge on any atom is -0.497 e. The summed E-state index contributed by atoms with van der Waals surface area (Å²) in [6, 6.07) is 5.19. The molecule has 2 aromatic rings. The summed E-state index contributed by atoms with van der Waals surface area (Å²) >= 11 is 0. The highest BCUT2D eigenvalue weighted by atomic mass is 16.5. The maximum Gasteiger partial charge on any atom is 0.262 e. The number of rotatable bonds is 2. The molecule has 1 aromatic carbocycles. The average molecular weight is 219 g/mol. The van der Waals surface area contributed by atoms with Crippen LogP contribution in [0, 0.1) is 0 Å². The maximum absolute atomic E-state index is 12.0. The Morgan fingerprint density at radius 1 is 1.50 bits per heavy atom. The Kier molecular flexibility index (Phi) is 2.62. The van der Waals surface area contributed by atoms with E-state index in [2.05, 4.69) is 4.98 Å². The fourth-order valence-corrected chi connectivity index (χ4v) is 1.53. The number of methoxy groups -OCH3 is 1. The van der Waals surface area contributed by atoms with Crippen LogP contribution in [0.25, 0.3) is 10.9 Å². The van der Waals surface area contributed by atoms with Gasteiger partial charge in [0.2, 0.25) is 0 Å². The lowest BCUT2D eigenvalue weighted by Gasteiger charge is -2.10. The van der Waals surface area contributed by atoms with Crippen molar-refractivity contribution in [1.82, 2.24) is 9.55 Å². The predicted octanol–water partition coefficient (Wildman–Crippen LogP) is 0.882. The molecule has 0 saturated carbocycles. The second kappa shape index (κ2) is 3.94. The van der Waals surface area contributed by atoms with E-state index in [0.29, 0.717) is 16.7 Å². The van der Waals surface area contributed by atoms with Crippen LogP contribution in [-0.4, -0.2) is 16.7 Å². The zero-order valence-electron chi connectivity index (χ0n) is 9.18. The van der Waals surface area contributed by atoms with Gasteiger partial charge in [-0.05, 0) is 25.1 Å². The fourth-order valence-electron chi connectivity index (χ4n) is 1.53. The number of nitrogens with two attached hydrogens (primary N) is 1. The minimum absolute atomic E-state index is 0.154. The third kappa shape index (κ3) is 1.65. The van der Waals surface area contributed by atoms with Crippen LogP contribution < -0.4 is 16.0 Å². The van der Waals surface area contributed by atoms with E-state index in [0.717, 1.165) is 0 Å². The molecule has 2 rings (SSSR count). The lowest BCUT2D eigenvalue weighted by molar-refractivity contribution is 0.415. The number of hydrogen-bond donors (Lipinski definition) is 1. The zero-order valence-corrected chi connectivity index (χ0v) is 9.18. The van der Waals surface area contributed by atoms with Crippen molar-refractivity contribution in [3.8, 4) is 5.75 Å². The number of nitrogens with zero attached hydrogens (tertiary/aromatic N) is 2. The number of benzene rings is 1. The van der Waals surface area contributed by atoms with Crippen molar-refractivity contribution in [2.45, 2.75) is 13.1 Å². The molecule has 84 valence electrons. The van der Waals surface area contributed by atoms with E-state index in [1.807, 2.05) is 0 Å². The molecule has 0 amide bonds. The third-order valence-corrected chi connectivity index (χ3v) is 2.43. The average Bonchev–Trinajstić information content (AvgIpc) is 2.28. The van der Waals surface area contributed by atoms with Crippen molar-refractivity contribution in [3.05, 3.63) is 34.9 Å². The van der Waals surface area contributed by atoms with Gasteiger partial charge in [0.1, 0.15) is 5.75 Å². The summed E-state index contributed by atoms with van der Waals surface area (Å²) in [4.78, 5) is 16.2. The van der Waals surface area contributed by atoms with Crippen LogP contribution in [0.5, 0.6) is 5.75 Å². The summed E-state index contributed by atoms with van der Waals surface area (Å²) in [5, 5.41) is 0.513. The van der Waals surface area contributed by atoms with Gasteiger partial charge in [-0.15, -0.1) is 0 Å². The van der Waals surface area contributed by atoms with E-state index in [4.69, 9.17) is 10.5 Å². The Labute approximate surface area is 92.5 Å².